The van der Waals surface area contributed by atoms with Crippen LogP contribution in [0.3, 0.4) is 0 Å². The van der Waals surface area contributed by atoms with Crippen LogP contribution in [-0.4, -0.2) is 20.2 Å². The molecule has 0 saturated heterocycles. The summed E-state index contributed by atoms with van der Waals surface area (Å²) < 4.78 is 0. The quantitative estimate of drug-likeness (QED) is 0.418. The van der Waals surface area contributed by atoms with Crippen LogP contribution in [0, 0.1) is 0 Å². The number of para-hydroxylation sites is 2. The Morgan fingerprint density at radius 2 is 1.21 bits per heavy atom. The summed E-state index contributed by atoms with van der Waals surface area (Å²) in [5.74, 6) is 0. The van der Waals surface area contributed by atoms with E-state index in [1.54, 1.807) is 11.3 Å². The van der Waals surface area contributed by atoms with E-state index in [1.165, 1.54) is 5.56 Å². The molecule has 0 unspecified atom stereocenters. The molecule has 0 fully saturated rings. The fraction of sp³-hybridized carbons (Fsp3) is 0.0435. The van der Waals surface area contributed by atoms with Crippen molar-refractivity contribution < 1.29 is 0 Å². The molecule has 134 valence electrons. The second-order valence-electron chi connectivity index (χ2n) is 6.44. The molecular formula is C23H16N4S. The van der Waals surface area contributed by atoms with E-state index in [4.69, 9.17) is 9.97 Å². The van der Waals surface area contributed by atoms with Gasteiger partial charge >= 0.3 is 0 Å². The maximum absolute atomic E-state index is 4.89. The Kier molecular flexibility index (Phi) is 4.35. The Bertz CT molecular complexity index is 1230. The summed E-state index contributed by atoms with van der Waals surface area (Å²) in [5, 5.41) is 10.6. The summed E-state index contributed by atoms with van der Waals surface area (Å²) in [6, 6.07) is 28.4. The molecule has 0 aliphatic heterocycles. The molecule has 0 amide bonds. The number of fused-ring (bicyclic) bond motifs is 1. The minimum atomic E-state index is 0.764. The highest BCUT2D eigenvalue weighted by Gasteiger charge is 2.17. The minimum Gasteiger partial charge on any atom is -0.244 e. The van der Waals surface area contributed by atoms with Gasteiger partial charge in [-0.2, -0.15) is 0 Å². The zero-order chi connectivity index (χ0) is 18.8. The molecule has 0 aliphatic carbocycles. The zero-order valence-electron chi connectivity index (χ0n) is 15.0. The first-order valence-electron chi connectivity index (χ1n) is 9.06. The lowest BCUT2D eigenvalue weighted by molar-refractivity contribution is 1.00. The molecule has 28 heavy (non-hydrogen) atoms. The van der Waals surface area contributed by atoms with E-state index in [2.05, 4.69) is 22.3 Å². The fourth-order valence-electron chi connectivity index (χ4n) is 3.14. The number of hydrogen-bond donors (Lipinski definition) is 0. The monoisotopic (exact) mass is 380 g/mol. The molecule has 0 saturated carbocycles. The van der Waals surface area contributed by atoms with Gasteiger partial charge < -0.3 is 0 Å². The molecule has 0 aliphatic rings. The van der Waals surface area contributed by atoms with Crippen LogP contribution in [0.15, 0.2) is 84.9 Å². The number of nitrogens with zero attached hydrogens (tertiary/aromatic N) is 4. The molecule has 0 N–H and O–H groups in total. The van der Waals surface area contributed by atoms with Gasteiger partial charge in [-0.25, -0.2) is 9.97 Å². The van der Waals surface area contributed by atoms with Gasteiger partial charge in [0.1, 0.15) is 10.7 Å². The Balaban J connectivity index is 1.62. The Morgan fingerprint density at radius 3 is 1.93 bits per heavy atom. The lowest BCUT2D eigenvalue weighted by Gasteiger charge is -2.07. The molecule has 0 radical (unpaired) electrons. The molecule has 3 aromatic carbocycles. The number of rotatable bonds is 4. The normalized spacial score (nSPS) is 11.0. The first-order chi connectivity index (χ1) is 13.9. The third-order valence-corrected chi connectivity index (χ3v) is 5.42. The van der Waals surface area contributed by atoms with E-state index in [-0.39, 0.29) is 0 Å². The van der Waals surface area contributed by atoms with Crippen molar-refractivity contribution in [2.45, 2.75) is 6.42 Å². The highest BCUT2D eigenvalue weighted by Crippen LogP contribution is 2.32. The molecule has 0 atom stereocenters. The predicted octanol–water partition coefficient (Wildman–Crippen LogP) is 5.41. The van der Waals surface area contributed by atoms with Crippen molar-refractivity contribution in [2.24, 2.45) is 0 Å². The summed E-state index contributed by atoms with van der Waals surface area (Å²) in [7, 11) is 0. The van der Waals surface area contributed by atoms with Crippen LogP contribution in [0.25, 0.3) is 33.0 Å². The average Bonchev–Trinajstić information content (AvgIpc) is 3.22. The van der Waals surface area contributed by atoms with Crippen LogP contribution in [-0.2, 0) is 6.42 Å². The van der Waals surface area contributed by atoms with Crippen LogP contribution in [0.4, 0.5) is 0 Å². The molecule has 5 heteroatoms. The number of hydrogen-bond acceptors (Lipinski definition) is 5. The first-order valence-corrected chi connectivity index (χ1v) is 9.87. The van der Waals surface area contributed by atoms with Crippen LogP contribution < -0.4 is 0 Å². The van der Waals surface area contributed by atoms with E-state index in [9.17, 15) is 0 Å². The van der Waals surface area contributed by atoms with Gasteiger partial charge in [-0.05, 0) is 17.7 Å². The second kappa shape index (κ2) is 7.29. The van der Waals surface area contributed by atoms with Gasteiger partial charge in [0.2, 0.25) is 0 Å². The molecule has 0 spiro atoms. The van der Waals surface area contributed by atoms with E-state index in [0.717, 1.165) is 44.4 Å². The van der Waals surface area contributed by atoms with E-state index in [0.29, 0.717) is 0 Å². The van der Waals surface area contributed by atoms with Gasteiger partial charge in [0.05, 0.1) is 16.7 Å². The van der Waals surface area contributed by atoms with Gasteiger partial charge in [0.25, 0.3) is 0 Å². The van der Waals surface area contributed by atoms with Crippen molar-refractivity contribution in [1.82, 2.24) is 20.2 Å². The van der Waals surface area contributed by atoms with E-state index >= 15 is 0 Å². The second-order valence-corrected chi connectivity index (χ2v) is 7.50. The molecule has 0 bridgehead atoms. The molecule has 5 aromatic rings. The van der Waals surface area contributed by atoms with Crippen molar-refractivity contribution >= 4 is 22.4 Å². The van der Waals surface area contributed by atoms with Gasteiger partial charge in [-0.15, -0.1) is 10.2 Å². The summed E-state index contributed by atoms with van der Waals surface area (Å²) in [5.41, 5.74) is 5.59. The smallest absolute Gasteiger partial charge is 0.168 e. The highest BCUT2D eigenvalue weighted by molar-refractivity contribution is 7.14. The van der Waals surface area contributed by atoms with E-state index < -0.39 is 0 Å². The highest BCUT2D eigenvalue weighted by atomic mass is 32.1. The van der Waals surface area contributed by atoms with Gasteiger partial charge in [-0.3, -0.25) is 0 Å². The molecule has 5 rings (SSSR count). The topological polar surface area (TPSA) is 51.6 Å². The summed E-state index contributed by atoms with van der Waals surface area (Å²) >= 11 is 1.57. The standard InChI is InChI=1S/C23H16N4S/c1-3-9-16(10-4-1)15-20-26-27-23(28-20)22-21(17-11-5-2-6-12-17)24-18-13-7-8-14-19(18)25-22/h1-14H,15H2. The maximum atomic E-state index is 4.89. The van der Waals surface area contributed by atoms with Crippen LogP contribution >= 0.6 is 11.3 Å². The lowest BCUT2D eigenvalue weighted by atomic mass is 10.1. The van der Waals surface area contributed by atoms with Gasteiger partial charge in [0, 0.05) is 12.0 Å². The van der Waals surface area contributed by atoms with Crippen LogP contribution in [0.5, 0.6) is 0 Å². The summed E-state index contributed by atoms with van der Waals surface area (Å²) in [4.78, 5) is 9.78. The summed E-state index contributed by atoms with van der Waals surface area (Å²) in [6.07, 6.45) is 0.764. The molecule has 2 heterocycles. The maximum Gasteiger partial charge on any atom is 0.168 e. The van der Waals surface area contributed by atoms with Crippen molar-refractivity contribution in [3.05, 3.63) is 95.5 Å². The largest absolute Gasteiger partial charge is 0.244 e. The Morgan fingerprint density at radius 1 is 0.607 bits per heavy atom. The number of benzene rings is 3. The Labute approximate surface area is 166 Å². The third-order valence-electron chi connectivity index (χ3n) is 4.49. The summed E-state index contributed by atoms with van der Waals surface area (Å²) in [6.45, 7) is 0. The predicted molar refractivity (Wildman–Crippen MR) is 113 cm³/mol. The zero-order valence-corrected chi connectivity index (χ0v) is 15.8. The van der Waals surface area contributed by atoms with Gasteiger partial charge in [-0.1, -0.05) is 84.1 Å². The van der Waals surface area contributed by atoms with Gasteiger partial charge in [0.15, 0.2) is 5.01 Å². The minimum absolute atomic E-state index is 0.764. The van der Waals surface area contributed by atoms with E-state index in [1.807, 2.05) is 72.8 Å². The fourth-order valence-corrected chi connectivity index (χ4v) is 4.00. The molecule has 4 nitrogen and oxygen atoms in total. The molecule has 2 aromatic heterocycles. The van der Waals surface area contributed by atoms with Crippen LogP contribution in [0.2, 0.25) is 0 Å². The van der Waals surface area contributed by atoms with Crippen LogP contribution in [0.1, 0.15) is 10.6 Å². The average molecular weight is 380 g/mol. The van der Waals surface area contributed by atoms with Crippen molar-refractivity contribution in [1.29, 1.82) is 0 Å². The lowest BCUT2D eigenvalue weighted by Crippen LogP contribution is -1.95. The third kappa shape index (κ3) is 3.28. The van der Waals surface area contributed by atoms with Crippen molar-refractivity contribution in [3.63, 3.8) is 0 Å². The first kappa shape index (κ1) is 16.7. The molecular weight excluding hydrogens is 364 g/mol. The number of aromatic nitrogens is 4. The Hall–Kier alpha value is -3.44. The SMILES string of the molecule is c1ccc(Cc2nnc(-c3nc4ccccc4nc3-c3ccccc3)s2)cc1. The van der Waals surface area contributed by atoms with Crippen molar-refractivity contribution in [3.8, 4) is 22.0 Å². The van der Waals surface area contributed by atoms with Crippen molar-refractivity contribution in [2.75, 3.05) is 0 Å².